The molecule has 1 aromatic rings. The van der Waals surface area contributed by atoms with Crippen molar-refractivity contribution in [3.05, 3.63) is 21.9 Å². The van der Waals surface area contributed by atoms with E-state index in [1.165, 1.54) is 17.9 Å². The van der Waals surface area contributed by atoms with Crippen LogP contribution in [0.25, 0.3) is 0 Å². The molecule has 0 aliphatic carbocycles. The van der Waals surface area contributed by atoms with Crippen LogP contribution in [0.5, 0.6) is 0 Å². The summed E-state index contributed by atoms with van der Waals surface area (Å²) in [7, 11) is 1.21. The topological polar surface area (TPSA) is 63.6 Å². The standard InChI is InChI=1S/C7H6O4S/c1-11-7(10)5-3-12-2-4(5)6(8)9/h2-3H,1H3,(H,8,9). The van der Waals surface area contributed by atoms with Gasteiger partial charge in [-0.2, -0.15) is 11.3 Å². The summed E-state index contributed by atoms with van der Waals surface area (Å²) in [6.07, 6.45) is 0. The second-order valence-corrected chi connectivity index (χ2v) is 2.74. The number of thiophene rings is 1. The number of hydrogen-bond donors (Lipinski definition) is 1. The zero-order chi connectivity index (χ0) is 9.14. The fourth-order valence-corrected chi connectivity index (χ4v) is 1.52. The highest BCUT2D eigenvalue weighted by atomic mass is 32.1. The van der Waals surface area contributed by atoms with Crippen LogP contribution in [0.2, 0.25) is 0 Å². The summed E-state index contributed by atoms with van der Waals surface area (Å²) in [5.74, 6) is -1.73. The summed E-state index contributed by atoms with van der Waals surface area (Å²) < 4.78 is 4.39. The number of ether oxygens (including phenoxy) is 1. The van der Waals surface area contributed by atoms with Gasteiger partial charge in [-0.3, -0.25) is 0 Å². The molecule has 0 fully saturated rings. The van der Waals surface area contributed by atoms with Crippen molar-refractivity contribution in [3.8, 4) is 0 Å². The average Bonchev–Trinajstić information content (AvgIpc) is 2.50. The monoisotopic (exact) mass is 186 g/mol. The molecule has 0 aromatic carbocycles. The number of carbonyl (C=O) groups excluding carboxylic acids is 1. The van der Waals surface area contributed by atoms with Crippen molar-refractivity contribution in [2.24, 2.45) is 0 Å². The number of esters is 1. The minimum absolute atomic E-state index is 0.00755. The molecule has 1 N–H and O–H groups in total. The van der Waals surface area contributed by atoms with Gasteiger partial charge >= 0.3 is 11.9 Å². The van der Waals surface area contributed by atoms with Gasteiger partial charge in [0.05, 0.1) is 18.2 Å². The third-order valence-corrected chi connectivity index (χ3v) is 2.04. The minimum Gasteiger partial charge on any atom is -0.478 e. The normalized spacial score (nSPS) is 9.42. The molecule has 0 saturated carbocycles. The highest BCUT2D eigenvalue weighted by Crippen LogP contribution is 2.15. The van der Waals surface area contributed by atoms with Crippen LogP contribution in [-0.4, -0.2) is 24.2 Å². The van der Waals surface area contributed by atoms with Crippen LogP contribution in [-0.2, 0) is 4.74 Å². The van der Waals surface area contributed by atoms with E-state index in [-0.39, 0.29) is 11.1 Å². The molecular weight excluding hydrogens is 180 g/mol. The Morgan fingerprint density at radius 3 is 2.50 bits per heavy atom. The van der Waals surface area contributed by atoms with E-state index >= 15 is 0 Å². The van der Waals surface area contributed by atoms with Crippen molar-refractivity contribution in [2.75, 3.05) is 7.11 Å². The molecule has 1 heterocycles. The number of methoxy groups -OCH3 is 1. The highest BCUT2D eigenvalue weighted by Gasteiger charge is 2.17. The number of hydrogen-bond acceptors (Lipinski definition) is 4. The van der Waals surface area contributed by atoms with Crippen molar-refractivity contribution in [2.45, 2.75) is 0 Å². The first-order valence-electron chi connectivity index (χ1n) is 3.04. The van der Waals surface area contributed by atoms with Gasteiger partial charge in [0, 0.05) is 10.8 Å². The summed E-state index contributed by atoms with van der Waals surface area (Å²) in [5, 5.41) is 11.4. The lowest BCUT2D eigenvalue weighted by Gasteiger charge is -1.96. The van der Waals surface area contributed by atoms with Crippen LogP contribution in [0.1, 0.15) is 20.7 Å². The lowest BCUT2D eigenvalue weighted by molar-refractivity contribution is 0.0584. The quantitative estimate of drug-likeness (QED) is 0.705. The van der Waals surface area contributed by atoms with E-state index in [0.29, 0.717) is 0 Å². The molecule has 0 amide bonds. The van der Waals surface area contributed by atoms with Crippen LogP contribution in [0.3, 0.4) is 0 Å². The van der Waals surface area contributed by atoms with Gasteiger partial charge in [0.25, 0.3) is 0 Å². The Balaban J connectivity index is 3.07. The van der Waals surface area contributed by atoms with Crippen molar-refractivity contribution in [1.29, 1.82) is 0 Å². The van der Waals surface area contributed by atoms with Crippen LogP contribution in [0, 0.1) is 0 Å². The summed E-state index contributed by atoms with van der Waals surface area (Å²) >= 11 is 1.16. The van der Waals surface area contributed by atoms with Crippen molar-refractivity contribution >= 4 is 23.3 Å². The number of carbonyl (C=O) groups is 2. The van der Waals surface area contributed by atoms with E-state index in [0.717, 1.165) is 11.3 Å². The second kappa shape index (κ2) is 3.36. The lowest BCUT2D eigenvalue weighted by atomic mass is 10.2. The summed E-state index contributed by atoms with van der Waals surface area (Å²) in [6.45, 7) is 0. The third kappa shape index (κ3) is 1.45. The van der Waals surface area contributed by atoms with Gasteiger partial charge < -0.3 is 9.84 Å². The molecule has 4 nitrogen and oxygen atoms in total. The predicted octanol–water partition coefficient (Wildman–Crippen LogP) is 1.23. The minimum atomic E-state index is -1.11. The molecule has 0 radical (unpaired) electrons. The Kier molecular flexibility index (Phi) is 2.44. The third-order valence-electron chi connectivity index (χ3n) is 1.30. The first kappa shape index (κ1) is 8.73. The molecule has 0 unspecified atom stereocenters. The maximum atomic E-state index is 10.9. The van der Waals surface area contributed by atoms with E-state index < -0.39 is 11.9 Å². The summed E-state index contributed by atoms with van der Waals surface area (Å²) in [4.78, 5) is 21.4. The van der Waals surface area contributed by atoms with Gasteiger partial charge in [0.2, 0.25) is 0 Å². The first-order chi connectivity index (χ1) is 5.66. The number of aromatic carboxylic acids is 1. The predicted molar refractivity (Wildman–Crippen MR) is 42.6 cm³/mol. The molecule has 1 aromatic heterocycles. The maximum absolute atomic E-state index is 10.9. The van der Waals surface area contributed by atoms with Gasteiger partial charge in [-0.05, 0) is 0 Å². The average molecular weight is 186 g/mol. The SMILES string of the molecule is COC(=O)c1cscc1C(=O)O. The molecule has 12 heavy (non-hydrogen) atoms. The molecule has 0 atom stereocenters. The Hall–Kier alpha value is -1.36. The van der Waals surface area contributed by atoms with E-state index in [2.05, 4.69) is 4.74 Å². The fraction of sp³-hybridized carbons (Fsp3) is 0.143. The molecule has 0 spiro atoms. The van der Waals surface area contributed by atoms with E-state index in [9.17, 15) is 9.59 Å². The van der Waals surface area contributed by atoms with Crippen LogP contribution in [0.4, 0.5) is 0 Å². The maximum Gasteiger partial charge on any atom is 0.339 e. The number of carboxylic acids is 1. The molecule has 64 valence electrons. The summed E-state index contributed by atoms with van der Waals surface area (Å²) in [5.41, 5.74) is 0.0989. The molecule has 0 aliphatic rings. The molecule has 0 saturated heterocycles. The van der Waals surface area contributed by atoms with Crippen molar-refractivity contribution in [1.82, 2.24) is 0 Å². The van der Waals surface area contributed by atoms with E-state index in [4.69, 9.17) is 5.11 Å². The Morgan fingerprint density at radius 1 is 1.42 bits per heavy atom. The van der Waals surface area contributed by atoms with Crippen LogP contribution >= 0.6 is 11.3 Å². The fourth-order valence-electron chi connectivity index (χ4n) is 0.731. The van der Waals surface area contributed by atoms with Crippen molar-refractivity contribution < 1.29 is 19.4 Å². The summed E-state index contributed by atoms with van der Waals surface area (Å²) in [6, 6.07) is 0. The zero-order valence-corrected chi connectivity index (χ0v) is 7.05. The molecule has 0 bridgehead atoms. The zero-order valence-electron chi connectivity index (χ0n) is 6.23. The van der Waals surface area contributed by atoms with Crippen molar-refractivity contribution in [3.63, 3.8) is 0 Å². The number of rotatable bonds is 2. The Labute approximate surface area is 72.4 Å². The molecule has 5 heteroatoms. The molecular formula is C7H6O4S. The van der Waals surface area contributed by atoms with E-state index in [1.54, 1.807) is 0 Å². The van der Waals surface area contributed by atoms with E-state index in [1.807, 2.05) is 0 Å². The number of carboxylic acid groups (broad SMARTS) is 1. The van der Waals surface area contributed by atoms with Gasteiger partial charge in [-0.25, -0.2) is 9.59 Å². The Morgan fingerprint density at radius 2 is 2.00 bits per heavy atom. The van der Waals surface area contributed by atoms with Gasteiger partial charge in [0.15, 0.2) is 0 Å². The van der Waals surface area contributed by atoms with Gasteiger partial charge in [-0.1, -0.05) is 0 Å². The highest BCUT2D eigenvalue weighted by molar-refractivity contribution is 7.08. The van der Waals surface area contributed by atoms with Crippen LogP contribution in [0.15, 0.2) is 10.8 Å². The lowest BCUT2D eigenvalue weighted by Crippen LogP contribution is -2.06. The first-order valence-corrected chi connectivity index (χ1v) is 3.99. The van der Waals surface area contributed by atoms with Crippen LogP contribution < -0.4 is 0 Å². The molecule has 0 aliphatic heterocycles. The second-order valence-electron chi connectivity index (χ2n) is 2.00. The van der Waals surface area contributed by atoms with Gasteiger partial charge in [-0.15, -0.1) is 0 Å². The smallest absolute Gasteiger partial charge is 0.339 e. The van der Waals surface area contributed by atoms with Gasteiger partial charge in [0.1, 0.15) is 0 Å². The molecule has 1 rings (SSSR count). The largest absolute Gasteiger partial charge is 0.478 e. The Bertz CT molecular complexity index is 315.